The molecule has 0 bridgehead atoms. The van der Waals surface area contributed by atoms with Gasteiger partial charge in [0.25, 0.3) is 11.8 Å². The number of carbonyl (C=O) groups is 3. The van der Waals surface area contributed by atoms with E-state index in [0.717, 1.165) is 36.1 Å². The van der Waals surface area contributed by atoms with Crippen molar-refractivity contribution in [3.05, 3.63) is 45.8 Å². The van der Waals surface area contributed by atoms with Gasteiger partial charge in [-0.15, -0.1) is 11.3 Å². The number of thiophene rings is 1. The first-order chi connectivity index (χ1) is 14.7. The molecule has 1 heterocycles. The second-order valence-electron chi connectivity index (χ2n) is 8.47. The number of nitrogens with one attached hydrogen (secondary N) is 2. The fourth-order valence-corrected chi connectivity index (χ4v) is 4.72. The third-order valence-corrected chi connectivity index (χ3v) is 6.01. The van der Waals surface area contributed by atoms with E-state index >= 15 is 0 Å². The van der Waals surface area contributed by atoms with Crippen LogP contribution < -0.4 is 15.4 Å². The highest BCUT2D eigenvalue weighted by atomic mass is 32.1. The zero-order chi connectivity index (χ0) is 22.6. The third kappa shape index (κ3) is 5.85. The van der Waals surface area contributed by atoms with Crippen LogP contribution in [0.1, 0.15) is 64.8 Å². The molecule has 0 aliphatic heterocycles. The van der Waals surface area contributed by atoms with Crippen LogP contribution in [-0.2, 0) is 22.4 Å². The number of anilines is 1. The Balaban J connectivity index is 1.79. The number of amides is 2. The summed E-state index contributed by atoms with van der Waals surface area (Å²) < 4.78 is 10.4. The second-order valence-corrected chi connectivity index (χ2v) is 9.58. The van der Waals surface area contributed by atoms with Gasteiger partial charge in [0.15, 0.2) is 6.61 Å². The molecule has 1 aliphatic carbocycles. The molecule has 2 N–H and O–H groups in total. The molecule has 0 fully saturated rings. The first kappa shape index (κ1) is 22.8. The van der Waals surface area contributed by atoms with Gasteiger partial charge >= 0.3 is 5.97 Å². The number of esters is 1. The molecule has 2 aromatic rings. The Bertz CT molecular complexity index is 973. The van der Waals surface area contributed by atoms with Crippen molar-refractivity contribution in [2.45, 2.75) is 52.0 Å². The largest absolute Gasteiger partial charge is 0.497 e. The minimum Gasteiger partial charge on any atom is -0.497 e. The normalized spacial score (nSPS) is 13.2. The first-order valence-corrected chi connectivity index (χ1v) is 11.1. The second kappa shape index (κ2) is 9.51. The Morgan fingerprint density at radius 2 is 1.74 bits per heavy atom. The monoisotopic (exact) mass is 444 g/mol. The number of fused-ring (bicyclic) bond motifs is 1. The van der Waals surface area contributed by atoms with Gasteiger partial charge in [-0.2, -0.15) is 0 Å². The van der Waals surface area contributed by atoms with E-state index < -0.39 is 11.5 Å². The molecule has 0 atom stereocenters. The van der Waals surface area contributed by atoms with E-state index in [4.69, 9.17) is 9.47 Å². The van der Waals surface area contributed by atoms with Crippen molar-refractivity contribution in [3.63, 3.8) is 0 Å². The molecule has 0 unspecified atom stereocenters. The predicted molar refractivity (Wildman–Crippen MR) is 120 cm³/mol. The quantitative estimate of drug-likeness (QED) is 0.658. The van der Waals surface area contributed by atoms with E-state index in [9.17, 15) is 14.4 Å². The summed E-state index contributed by atoms with van der Waals surface area (Å²) >= 11 is 1.41. The van der Waals surface area contributed by atoms with Crippen molar-refractivity contribution in [2.75, 3.05) is 19.0 Å². The molecule has 8 heteroatoms. The maximum Gasteiger partial charge on any atom is 0.341 e. The van der Waals surface area contributed by atoms with Gasteiger partial charge in [0, 0.05) is 16.0 Å². The molecule has 0 spiro atoms. The molecule has 0 saturated carbocycles. The highest BCUT2D eigenvalue weighted by Gasteiger charge is 2.28. The lowest BCUT2D eigenvalue weighted by Crippen LogP contribution is -2.42. The zero-order valence-electron chi connectivity index (χ0n) is 18.3. The summed E-state index contributed by atoms with van der Waals surface area (Å²) in [4.78, 5) is 38.8. The van der Waals surface area contributed by atoms with Gasteiger partial charge in [-0.05, 0) is 76.3 Å². The van der Waals surface area contributed by atoms with E-state index in [-0.39, 0.29) is 18.4 Å². The highest BCUT2D eigenvalue weighted by molar-refractivity contribution is 7.17. The van der Waals surface area contributed by atoms with Crippen molar-refractivity contribution >= 4 is 34.1 Å². The van der Waals surface area contributed by atoms with Crippen molar-refractivity contribution in [1.29, 1.82) is 0 Å². The van der Waals surface area contributed by atoms with Crippen LogP contribution in [-0.4, -0.2) is 37.0 Å². The standard InChI is InChI=1S/C23H28N2O5S/c1-23(2,3)25-18(26)13-30-22(28)19-16-7-5-6-8-17(16)31-21(19)24-20(27)14-9-11-15(29-4)12-10-14/h9-12H,5-8,13H2,1-4H3,(H,24,27)(H,25,26). The molecule has 31 heavy (non-hydrogen) atoms. The topological polar surface area (TPSA) is 93.7 Å². The number of hydrogen-bond donors (Lipinski definition) is 2. The number of hydrogen-bond acceptors (Lipinski definition) is 6. The Labute approximate surface area is 186 Å². The van der Waals surface area contributed by atoms with Crippen LogP contribution in [0.2, 0.25) is 0 Å². The van der Waals surface area contributed by atoms with E-state index in [1.807, 2.05) is 20.8 Å². The SMILES string of the molecule is COc1ccc(C(=O)Nc2sc3c(c2C(=O)OCC(=O)NC(C)(C)C)CCCC3)cc1. The van der Waals surface area contributed by atoms with E-state index in [2.05, 4.69) is 10.6 Å². The number of rotatable bonds is 6. The zero-order valence-corrected chi connectivity index (χ0v) is 19.1. The summed E-state index contributed by atoms with van der Waals surface area (Å²) in [6, 6.07) is 6.74. The third-order valence-electron chi connectivity index (χ3n) is 4.80. The van der Waals surface area contributed by atoms with E-state index in [1.165, 1.54) is 11.3 Å². The van der Waals surface area contributed by atoms with Gasteiger partial charge in [-0.1, -0.05) is 0 Å². The van der Waals surface area contributed by atoms with Crippen LogP contribution in [0, 0.1) is 0 Å². The Hall–Kier alpha value is -2.87. The fourth-order valence-electron chi connectivity index (χ4n) is 3.45. The van der Waals surface area contributed by atoms with Crippen LogP contribution in [0.5, 0.6) is 5.75 Å². The summed E-state index contributed by atoms with van der Waals surface area (Å²) in [5, 5.41) is 6.10. The minimum absolute atomic E-state index is 0.319. The van der Waals surface area contributed by atoms with Gasteiger partial charge in [0.1, 0.15) is 10.8 Å². The highest BCUT2D eigenvalue weighted by Crippen LogP contribution is 2.38. The summed E-state index contributed by atoms with van der Waals surface area (Å²) in [7, 11) is 1.56. The lowest BCUT2D eigenvalue weighted by atomic mass is 9.95. The van der Waals surface area contributed by atoms with Crippen LogP contribution in [0.4, 0.5) is 5.00 Å². The van der Waals surface area contributed by atoms with Gasteiger partial charge in [-0.3, -0.25) is 9.59 Å². The smallest absolute Gasteiger partial charge is 0.341 e. The molecule has 166 valence electrons. The van der Waals surface area contributed by atoms with Gasteiger partial charge in [0.05, 0.1) is 12.7 Å². The average molecular weight is 445 g/mol. The molecule has 0 saturated heterocycles. The van der Waals surface area contributed by atoms with Crippen LogP contribution in [0.3, 0.4) is 0 Å². The number of benzene rings is 1. The lowest BCUT2D eigenvalue weighted by molar-refractivity contribution is -0.125. The van der Waals surface area contributed by atoms with Crippen LogP contribution in [0.15, 0.2) is 24.3 Å². The summed E-state index contributed by atoms with van der Waals surface area (Å²) in [5.41, 5.74) is 1.33. The van der Waals surface area contributed by atoms with Gasteiger partial charge in [0.2, 0.25) is 0 Å². The molecule has 1 aliphatic rings. The van der Waals surface area contributed by atoms with Gasteiger partial charge in [-0.25, -0.2) is 4.79 Å². The fraction of sp³-hybridized carbons (Fsp3) is 0.435. The number of methoxy groups -OCH3 is 1. The molecule has 1 aromatic heterocycles. The maximum absolute atomic E-state index is 12.9. The summed E-state index contributed by atoms with van der Waals surface area (Å²) in [6.45, 7) is 5.20. The number of aryl methyl sites for hydroxylation is 1. The summed E-state index contributed by atoms with van der Waals surface area (Å²) in [5.74, 6) is -0.621. The molecule has 0 radical (unpaired) electrons. The average Bonchev–Trinajstić information content (AvgIpc) is 3.08. The molecular weight excluding hydrogens is 416 g/mol. The molecule has 3 rings (SSSR count). The van der Waals surface area contributed by atoms with Crippen LogP contribution in [0.25, 0.3) is 0 Å². The van der Waals surface area contributed by atoms with Crippen molar-refractivity contribution in [1.82, 2.24) is 5.32 Å². The number of carbonyl (C=O) groups excluding carboxylic acids is 3. The molecule has 2 amide bonds. The van der Waals surface area contributed by atoms with Crippen molar-refractivity contribution in [2.24, 2.45) is 0 Å². The van der Waals surface area contributed by atoms with E-state index in [0.29, 0.717) is 21.9 Å². The molecule has 7 nitrogen and oxygen atoms in total. The van der Waals surface area contributed by atoms with Gasteiger partial charge < -0.3 is 20.1 Å². The van der Waals surface area contributed by atoms with E-state index in [1.54, 1.807) is 31.4 Å². The summed E-state index contributed by atoms with van der Waals surface area (Å²) in [6.07, 6.45) is 3.63. The molecule has 1 aromatic carbocycles. The van der Waals surface area contributed by atoms with Crippen molar-refractivity contribution in [3.8, 4) is 5.75 Å². The number of ether oxygens (including phenoxy) is 2. The minimum atomic E-state index is -0.589. The Kier molecular flexibility index (Phi) is 7.00. The predicted octanol–water partition coefficient (Wildman–Crippen LogP) is 3.96. The lowest BCUT2D eigenvalue weighted by Gasteiger charge is -2.20. The van der Waals surface area contributed by atoms with Crippen molar-refractivity contribution < 1.29 is 23.9 Å². The Morgan fingerprint density at radius 3 is 2.39 bits per heavy atom. The first-order valence-electron chi connectivity index (χ1n) is 10.3. The Morgan fingerprint density at radius 1 is 1.06 bits per heavy atom. The maximum atomic E-state index is 12.9. The molecular formula is C23H28N2O5S. The van der Waals surface area contributed by atoms with Crippen LogP contribution >= 0.6 is 11.3 Å².